The van der Waals surface area contributed by atoms with Gasteiger partial charge in [0.2, 0.25) is 0 Å². The Bertz CT molecular complexity index is 379. The molecule has 0 saturated carbocycles. The maximum atomic E-state index is 11.9. The van der Waals surface area contributed by atoms with Gasteiger partial charge in [-0.05, 0) is 11.4 Å². The molecule has 2 saturated heterocycles. The lowest BCUT2D eigenvalue weighted by Crippen LogP contribution is -2.41. The average molecular weight is 238 g/mol. The average Bonchev–Trinajstić information content (AvgIpc) is 2.94. The maximum Gasteiger partial charge on any atom is 0.252 e. The number of carbonyl (C=O) groups is 1. The van der Waals surface area contributed by atoms with Crippen molar-refractivity contribution in [3.63, 3.8) is 0 Å². The van der Waals surface area contributed by atoms with Crippen LogP contribution < -0.4 is 10.6 Å². The number of nitrogens with one attached hydrogen (secondary N) is 2. The Balaban J connectivity index is 1.65. The van der Waals surface area contributed by atoms with Crippen LogP contribution in [0.5, 0.6) is 0 Å². The number of fused-ring (bicyclic) bond motifs is 1. The van der Waals surface area contributed by atoms with Crippen LogP contribution in [0.1, 0.15) is 10.4 Å². The summed E-state index contributed by atoms with van der Waals surface area (Å²) in [6.45, 7) is 2.39. The molecule has 3 heterocycles. The standard InChI is InChI=1S/C11H14N2O2S/c14-11(7-1-2-16-6-7)13-9-3-12-10-5-15-4-8(9)10/h1-2,6,8-10,12H,3-5H2,(H,13,14)/t8-,9-,10-/m1/s1. The van der Waals surface area contributed by atoms with Gasteiger partial charge in [0.1, 0.15) is 0 Å². The quantitative estimate of drug-likeness (QED) is 0.787. The van der Waals surface area contributed by atoms with Crippen LogP contribution in [0, 0.1) is 5.92 Å². The molecule has 1 amide bonds. The van der Waals surface area contributed by atoms with Gasteiger partial charge in [-0.1, -0.05) is 0 Å². The summed E-state index contributed by atoms with van der Waals surface area (Å²) in [4.78, 5) is 11.9. The van der Waals surface area contributed by atoms with Crippen LogP contribution in [0.15, 0.2) is 16.8 Å². The molecule has 0 spiro atoms. The van der Waals surface area contributed by atoms with E-state index in [1.54, 1.807) is 11.3 Å². The van der Waals surface area contributed by atoms with Crippen LogP contribution in [-0.2, 0) is 4.74 Å². The van der Waals surface area contributed by atoms with Crippen LogP contribution in [0.2, 0.25) is 0 Å². The van der Waals surface area contributed by atoms with Crippen LogP contribution in [0.4, 0.5) is 0 Å². The summed E-state index contributed by atoms with van der Waals surface area (Å²) in [5.41, 5.74) is 0.757. The first-order valence-electron chi connectivity index (χ1n) is 5.49. The Labute approximate surface area is 98.0 Å². The molecule has 1 aromatic rings. The highest BCUT2D eigenvalue weighted by atomic mass is 32.1. The smallest absolute Gasteiger partial charge is 0.252 e. The molecular formula is C11H14N2O2S. The largest absolute Gasteiger partial charge is 0.379 e. The summed E-state index contributed by atoms with van der Waals surface area (Å²) in [5.74, 6) is 0.461. The monoisotopic (exact) mass is 238 g/mol. The molecule has 4 nitrogen and oxygen atoms in total. The van der Waals surface area contributed by atoms with Crippen molar-refractivity contribution in [3.05, 3.63) is 22.4 Å². The van der Waals surface area contributed by atoms with Crippen molar-refractivity contribution >= 4 is 17.2 Å². The topological polar surface area (TPSA) is 50.4 Å². The van der Waals surface area contributed by atoms with Crippen LogP contribution in [0.3, 0.4) is 0 Å². The molecule has 2 N–H and O–H groups in total. The lowest BCUT2D eigenvalue weighted by Gasteiger charge is -2.17. The highest BCUT2D eigenvalue weighted by molar-refractivity contribution is 7.08. The summed E-state index contributed by atoms with van der Waals surface area (Å²) < 4.78 is 5.40. The molecule has 5 heteroatoms. The molecule has 0 radical (unpaired) electrons. The number of amides is 1. The van der Waals surface area contributed by atoms with E-state index in [1.165, 1.54) is 0 Å². The van der Waals surface area contributed by atoms with E-state index in [2.05, 4.69) is 10.6 Å². The molecule has 0 aromatic carbocycles. The zero-order valence-electron chi connectivity index (χ0n) is 8.81. The van der Waals surface area contributed by atoms with E-state index in [-0.39, 0.29) is 11.9 Å². The third kappa shape index (κ3) is 1.75. The molecule has 0 bridgehead atoms. The third-order valence-electron chi connectivity index (χ3n) is 3.34. The minimum absolute atomic E-state index is 0.0283. The molecule has 2 aliphatic heterocycles. The molecule has 86 valence electrons. The molecule has 3 rings (SSSR count). The van der Waals surface area contributed by atoms with Crippen molar-refractivity contribution < 1.29 is 9.53 Å². The fourth-order valence-corrected chi connectivity index (χ4v) is 3.05. The molecule has 2 aliphatic rings. The van der Waals surface area contributed by atoms with E-state index in [1.807, 2.05) is 16.8 Å². The van der Waals surface area contributed by atoms with Crippen molar-refractivity contribution in [2.45, 2.75) is 12.1 Å². The Hall–Kier alpha value is -0.910. The van der Waals surface area contributed by atoms with E-state index >= 15 is 0 Å². The molecule has 3 atom stereocenters. The minimum Gasteiger partial charge on any atom is -0.379 e. The van der Waals surface area contributed by atoms with Crippen LogP contribution >= 0.6 is 11.3 Å². The first kappa shape index (κ1) is 10.3. The molecular weight excluding hydrogens is 224 g/mol. The highest BCUT2D eigenvalue weighted by Crippen LogP contribution is 2.23. The van der Waals surface area contributed by atoms with Crippen LogP contribution in [0.25, 0.3) is 0 Å². The van der Waals surface area contributed by atoms with Gasteiger partial charge in [-0.2, -0.15) is 11.3 Å². The van der Waals surface area contributed by atoms with Crippen molar-refractivity contribution in [1.29, 1.82) is 0 Å². The molecule has 16 heavy (non-hydrogen) atoms. The Morgan fingerprint density at radius 2 is 2.50 bits per heavy atom. The van der Waals surface area contributed by atoms with Gasteiger partial charge in [0, 0.05) is 35.5 Å². The number of hydrogen-bond donors (Lipinski definition) is 2. The van der Waals surface area contributed by atoms with Crippen molar-refractivity contribution in [3.8, 4) is 0 Å². The molecule has 0 unspecified atom stereocenters. The van der Waals surface area contributed by atoms with E-state index < -0.39 is 0 Å². The Kier molecular flexibility index (Phi) is 2.67. The lowest BCUT2D eigenvalue weighted by molar-refractivity contribution is 0.0924. The van der Waals surface area contributed by atoms with Crippen molar-refractivity contribution in [2.75, 3.05) is 19.8 Å². The Morgan fingerprint density at radius 3 is 3.31 bits per heavy atom. The maximum absolute atomic E-state index is 11.9. The second-order valence-corrected chi connectivity index (χ2v) is 5.09. The zero-order chi connectivity index (χ0) is 11.0. The lowest BCUT2D eigenvalue weighted by atomic mass is 10.00. The first-order valence-corrected chi connectivity index (χ1v) is 6.43. The second-order valence-electron chi connectivity index (χ2n) is 4.31. The van der Waals surface area contributed by atoms with E-state index in [9.17, 15) is 4.79 Å². The predicted molar refractivity (Wildman–Crippen MR) is 61.7 cm³/mol. The van der Waals surface area contributed by atoms with E-state index in [0.717, 1.165) is 25.3 Å². The number of hydrogen-bond acceptors (Lipinski definition) is 4. The molecule has 0 aliphatic carbocycles. The third-order valence-corrected chi connectivity index (χ3v) is 4.02. The summed E-state index contributed by atoms with van der Waals surface area (Å²) in [6, 6.07) is 2.48. The number of carbonyl (C=O) groups excluding carboxylic acids is 1. The fourth-order valence-electron chi connectivity index (χ4n) is 2.41. The second kappa shape index (κ2) is 4.16. The summed E-state index contributed by atoms with van der Waals surface area (Å²) in [7, 11) is 0. The number of rotatable bonds is 2. The van der Waals surface area contributed by atoms with Gasteiger partial charge in [-0.3, -0.25) is 4.79 Å². The van der Waals surface area contributed by atoms with Crippen molar-refractivity contribution in [2.24, 2.45) is 5.92 Å². The van der Waals surface area contributed by atoms with Crippen molar-refractivity contribution in [1.82, 2.24) is 10.6 Å². The van der Waals surface area contributed by atoms with Gasteiger partial charge in [-0.25, -0.2) is 0 Å². The number of ether oxygens (including phenoxy) is 1. The predicted octanol–water partition coefficient (Wildman–Crippen LogP) is 0.465. The SMILES string of the molecule is O=C(N[C@@H]1CN[C@@H]2COC[C@@H]21)c1ccsc1. The van der Waals surface area contributed by atoms with Gasteiger partial charge in [0.05, 0.1) is 13.2 Å². The highest BCUT2D eigenvalue weighted by Gasteiger charge is 2.40. The molecule has 1 aromatic heterocycles. The molecule has 2 fully saturated rings. The zero-order valence-corrected chi connectivity index (χ0v) is 9.63. The van der Waals surface area contributed by atoms with E-state index in [4.69, 9.17) is 4.74 Å². The normalized spacial score (nSPS) is 32.6. The first-order chi connectivity index (χ1) is 7.84. The van der Waals surface area contributed by atoms with Crippen LogP contribution in [-0.4, -0.2) is 37.7 Å². The Morgan fingerprint density at radius 1 is 1.56 bits per heavy atom. The van der Waals surface area contributed by atoms with E-state index in [0.29, 0.717) is 12.0 Å². The summed E-state index contributed by atoms with van der Waals surface area (Å²) >= 11 is 1.54. The van der Waals surface area contributed by atoms with Gasteiger partial charge in [0.25, 0.3) is 5.91 Å². The van der Waals surface area contributed by atoms with Gasteiger partial charge < -0.3 is 15.4 Å². The van der Waals surface area contributed by atoms with Gasteiger partial charge >= 0.3 is 0 Å². The minimum atomic E-state index is 0.0283. The van der Waals surface area contributed by atoms with Gasteiger partial charge in [-0.15, -0.1) is 0 Å². The summed E-state index contributed by atoms with van der Waals surface area (Å²) in [5, 5.41) is 10.3. The number of thiophene rings is 1. The van der Waals surface area contributed by atoms with Gasteiger partial charge in [0.15, 0.2) is 0 Å². The fraction of sp³-hybridized carbons (Fsp3) is 0.545. The summed E-state index contributed by atoms with van der Waals surface area (Å²) in [6.07, 6.45) is 0.